The van der Waals surface area contributed by atoms with Crippen molar-refractivity contribution in [2.24, 2.45) is 0 Å². The fourth-order valence-corrected chi connectivity index (χ4v) is 5.10. The zero-order valence-electron chi connectivity index (χ0n) is 19.3. The van der Waals surface area contributed by atoms with Crippen LogP contribution in [-0.2, 0) is 21.2 Å². The number of likely N-dealkylation sites (tertiary alicyclic amines) is 1. The van der Waals surface area contributed by atoms with Crippen molar-refractivity contribution < 1.29 is 26.4 Å². The molecular weight excluding hydrogens is 467 g/mol. The number of benzene rings is 1. The van der Waals surface area contributed by atoms with Crippen molar-refractivity contribution in [3.63, 3.8) is 0 Å². The second kappa shape index (κ2) is 9.87. The Bertz CT molecular complexity index is 1180. The van der Waals surface area contributed by atoms with E-state index in [9.17, 15) is 22.0 Å². The number of aryl methyl sites for hydroxylation is 2. The van der Waals surface area contributed by atoms with Gasteiger partial charge in [-0.2, -0.15) is 0 Å². The molecule has 2 atom stereocenters. The highest BCUT2D eigenvalue weighted by molar-refractivity contribution is 7.88. The number of nitrogens with one attached hydrogen (secondary N) is 1. The number of carbonyl (C=O) groups is 1. The topological polar surface area (TPSA) is 79.4 Å². The molecule has 3 rings (SSSR count). The molecule has 1 N–H and O–H groups in total. The smallest absolute Gasteiger partial charge is 0.283 e. The van der Waals surface area contributed by atoms with Gasteiger partial charge < -0.3 is 4.90 Å². The van der Waals surface area contributed by atoms with E-state index in [0.29, 0.717) is 11.4 Å². The molecule has 1 saturated heterocycles. The van der Waals surface area contributed by atoms with Gasteiger partial charge >= 0.3 is 0 Å². The molecule has 1 aromatic carbocycles. The molecule has 0 radical (unpaired) electrons. The number of halogens is 3. The van der Waals surface area contributed by atoms with E-state index in [-0.39, 0.29) is 30.4 Å². The van der Waals surface area contributed by atoms with E-state index in [1.807, 2.05) is 17.7 Å². The molecule has 2 heterocycles. The van der Waals surface area contributed by atoms with E-state index < -0.39 is 46.3 Å². The van der Waals surface area contributed by atoms with Crippen LogP contribution in [0.15, 0.2) is 43.0 Å². The average molecular weight is 496 g/mol. The van der Waals surface area contributed by atoms with Gasteiger partial charge in [-0.05, 0) is 56.0 Å². The first-order valence-corrected chi connectivity index (χ1v) is 12.7. The van der Waals surface area contributed by atoms with Gasteiger partial charge in [0.1, 0.15) is 11.9 Å². The van der Waals surface area contributed by atoms with Crippen LogP contribution in [0.4, 0.5) is 13.2 Å². The molecule has 6 nitrogen and oxygen atoms in total. The molecule has 1 aliphatic rings. The number of hydrogen-bond donors (Lipinski definition) is 1. The lowest BCUT2D eigenvalue weighted by atomic mass is 9.96. The van der Waals surface area contributed by atoms with E-state index in [2.05, 4.69) is 11.6 Å². The van der Waals surface area contributed by atoms with Gasteiger partial charge in [-0.15, -0.1) is 6.58 Å². The number of hydrogen-bond acceptors (Lipinski definition) is 4. The van der Waals surface area contributed by atoms with E-state index in [4.69, 9.17) is 0 Å². The highest BCUT2D eigenvalue weighted by Gasteiger charge is 2.56. The summed E-state index contributed by atoms with van der Waals surface area (Å²) in [4.78, 5) is 18.0. The van der Waals surface area contributed by atoms with Crippen molar-refractivity contribution in [3.05, 3.63) is 65.6 Å². The Morgan fingerprint density at radius 3 is 2.65 bits per heavy atom. The van der Waals surface area contributed by atoms with Crippen molar-refractivity contribution in [2.45, 2.75) is 51.1 Å². The summed E-state index contributed by atoms with van der Waals surface area (Å²) < 4.78 is 71.1. The standard InChI is InChI=1S/C24H28F3N3O3S/c1-5-6-10-21(31)30-14-24(26,27)23(29-34(4,32)33)20(30)13-17-8-7-9-18(22(17)25)19-12-15(2)11-16(3)28-19/h5,7-9,11-12,20,23,29H,1,6,10,13-14H2,2-4H3/t20-,23+/m0/s1. The summed E-state index contributed by atoms with van der Waals surface area (Å²) >= 11 is 0. The van der Waals surface area contributed by atoms with Gasteiger partial charge in [-0.1, -0.05) is 18.2 Å². The molecule has 34 heavy (non-hydrogen) atoms. The van der Waals surface area contributed by atoms with Crippen LogP contribution in [-0.4, -0.2) is 55.0 Å². The van der Waals surface area contributed by atoms with Gasteiger partial charge in [0.15, 0.2) is 0 Å². The Morgan fingerprint density at radius 1 is 1.32 bits per heavy atom. The largest absolute Gasteiger partial charge is 0.331 e. The van der Waals surface area contributed by atoms with Gasteiger partial charge in [-0.3, -0.25) is 9.78 Å². The van der Waals surface area contributed by atoms with Crippen LogP contribution in [0.3, 0.4) is 0 Å². The number of alkyl halides is 2. The van der Waals surface area contributed by atoms with E-state index in [1.165, 1.54) is 12.1 Å². The number of carbonyl (C=O) groups excluding carboxylic acids is 1. The quantitative estimate of drug-likeness (QED) is 0.566. The minimum atomic E-state index is -4.03. The highest BCUT2D eigenvalue weighted by atomic mass is 32.2. The maximum Gasteiger partial charge on any atom is 0.283 e. The third-order valence-electron chi connectivity index (χ3n) is 5.73. The summed E-state index contributed by atoms with van der Waals surface area (Å²) in [6, 6.07) is 4.97. The molecular formula is C24H28F3N3O3S. The first-order chi connectivity index (χ1) is 15.8. The maximum absolute atomic E-state index is 15.6. The second-order valence-corrected chi connectivity index (χ2v) is 10.5. The van der Waals surface area contributed by atoms with Crippen LogP contribution in [0, 0.1) is 19.7 Å². The van der Waals surface area contributed by atoms with Gasteiger partial charge in [0.2, 0.25) is 15.9 Å². The number of aromatic nitrogens is 1. The molecule has 1 fully saturated rings. The summed E-state index contributed by atoms with van der Waals surface area (Å²) in [5.74, 6) is -4.75. The molecule has 1 aliphatic heterocycles. The van der Waals surface area contributed by atoms with Crippen molar-refractivity contribution in [2.75, 3.05) is 12.8 Å². The molecule has 10 heteroatoms. The minimum Gasteiger partial charge on any atom is -0.331 e. The lowest BCUT2D eigenvalue weighted by Gasteiger charge is -2.28. The van der Waals surface area contributed by atoms with Gasteiger partial charge in [-0.25, -0.2) is 26.3 Å². The van der Waals surface area contributed by atoms with Crippen LogP contribution in [0.25, 0.3) is 11.3 Å². The predicted octanol–water partition coefficient (Wildman–Crippen LogP) is 3.78. The number of rotatable bonds is 8. The van der Waals surface area contributed by atoms with Crippen LogP contribution >= 0.6 is 0 Å². The maximum atomic E-state index is 15.6. The Balaban J connectivity index is 2.03. The zero-order valence-corrected chi connectivity index (χ0v) is 20.1. The van der Waals surface area contributed by atoms with Crippen molar-refractivity contribution in [1.29, 1.82) is 0 Å². The first kappa shape index (κ1) is 25.9. The minimum absolute atomic E-state index is 0.0588. The van der Waals surface area contributed by atoms with Gasteiger partial charge in [0.05, 0.1) is 24.5 Å². The lowest BCUT2D eigenvalue weighted by molar-refractivity contribution is -0.133. The van der Waals surface area contributed by atoms with Crippen LogP contribution in [0.1, 0.15) is 29.7 Å². The zero-order chi connectivity index (χ0) is 25.3. The van der Waals surface area contributed by atoms with Crippen molar-refractivity contribution in [1.82, 2.24) is 14.6 Å². The number of amides is 1. The van der Waals surface area contributed by atoms with Crippen LogP contribution < -0.4 is 4.72 Å². The molecule has 1 aromatic heterocycles. The lowest BCUT2D eigenvalue weighted by Crippen LogP contribution is -2.52. The van der Waals surface area contributed by atoms with Crippen LogP contribution in [0.5, 0.6) is 0 Å². The SMILES string of the molecule is C=CCCC(=O)N1CC(F)(F)[C@H](NS(C)(=O)=O)[C@@H]1Cc1cccc(-c2cc(C)cc(C)n2)c1F. The molecule has 0 saturated carbocycles. The van der Waals surface area contributed by atoms with Gasteiger partial charge in [0, 0.05) is 17.7 Å². The molecule has 0 spiro atoms. The monoisotopic (exact) mass is 495 g/mol. The Hall–Kier alpha value is -2.72. The third-order valence-corrected chi connectivity index (χ3v) is 6.41. The van der Waals surface area contributed by atoms with E-state index >= 15 is 4.39 Å². The number of allylic oxidation sites excluding steroid dienone is 1. The number of pyridine rings is 1. The Morgan fingerprint density at radius 2 is 2.03 bits per heavy atom. The Kier molecular flexibility index (Phi) is 7.52. The molecule has 0 unspecified atom stereocenters. The fourth-order valence-electron chi connectivity index (χ4n) is 4.31. The normalized spacial score (nSPS) is 19.9. The van der Waals surface area contributed by atoms with Crippen LogP contribution in [0.2, 0.25) is 0 Å². The van der Waals surface area contributed by atoms with E-state index in [0.717, 1.165) is 16.7 Å². The number of sulfonamides is 1. The number of nitrogens with zero attached hydrogens (tertiary/aromatic N) is 2. The predicted molar refractivity (Wildman–Crippen MR) is 124 cm³/mol. The van der Waals surface area contributed by atoms with Crippen molar-refractivity contribution in [3.8, 4) is 11.3 Å². The molecule has 0 aliphatic carbocycles. The highest BCUT2D eigenvalue weighted by Crippen LogP contribution is 2.36. The summed E-state index contributed by atoms with van der Waals surface area (Å²) in [7, 11) is -4.03. The summed E-state index contributed by atoms with van der Waals surface area (Å²) in [6.07, 6.45) is 2.19. The second-order valence-electron chi connectivity index (χ2n) is 8.70. The molecule has 2 aromatic rings. The first-order valence-electron chi connectivity index (χ1n) is 10.8. The fraction of sp³-hybridized carbons (Fsp3) is 0.417. The summed E-state index contributed by atoms with van der Waals surface area (Å²) in [5.41, 5.74) is 2.28. The molecule has 0 bridgehead atoms. The average Bonchev–Trinajstić information content (AvgIpc) is 2.96. The van der Waals surface area contributed by atoms with E-state index in [1.54, 1.807) is 25.1 Å². The summed E-state index contributed by atoms with van der Waals surface area (Å²) in [5, 5.41) is 0. The molecule has 1 amide bonds. The van der Waals surface area contributed by atoms with Crippen molar-refractivity contribution >= 4 is 15.9 Å². The molecule has 184 valence electrons. The Labute approximate surface area is 197 Å². The van der Waals surface area contributed by atoms with Gasteiger partial charge in [0.25, 0.3) is 5.92 Å². The summed E-state index contributed by atoms with van der Waals surface area (Å²) in [6.45, 7) is 6.22. The third kappa shape index (κ3) is 5.85.